The van der Waals surface area contributed by atoms with E-state index in [1.165, 1.54) is 19.3 Å². The van der Waals surface area contributed by atoms with E-state index in [-0.39, 0.29) is 12.1 Å². The molecule has 4 saturated carbocycles. The zero-order valence-corrected chi connectivity index (χ0v) is 14.6. The Morgan fingerprint density at radius 1 is 0.917 bits per heavy atom. The van der Waals surface area contributed by atoms with Gasteiger partial charge in [-0.05, 0) is 55.3 Å². The molecule has 2 unspecified atom stereocenters. The van der Waals surface area contributed by atoms with Gasteiger partial charge in [0.25, 0.3) is 0 Å². The number of ether oxygens (including phenoxy) is 1. The molecule has 4 aliphatic carbocycles. The van der Waals surface area contributed by atoms with Crippen molar-refractivity contribution in [1.82, 2.24) is 5.32 Å². The average molecular weight is 341 g/mol. The first-order valence-electron chi connectivity index (χ1n) is 9.25. The molecule has 0 amide bonds. The summed E-state index contributed by atoms with van der Waals surface area (Å²) in [4.78, 5) is 0. The summed E-state index contributed by atoms with van der Waals surface area (Å²) < 4.78 is 5.71. The molecule has 0 aromatic rings. The molecule has 24 heavy (non-hydrogen) atoms. The van der Waals surface area contributed by atoms with Crippen molar-refractivity contribution in [2.75, 3.05) is 6.61 Å². The lowest BCUT2D eigenvalue weighted by Crippen LogP contribution is -2.71. The van der Waals surface area contributed by atoms with Gasteiger partial charge in [0.1, 0.15) is 30.6 Å². The highest BCUT2D eigenvalue weighted by molar-refractivity contribution is 5.15. The summed E-state index contributed by atoms with van der Waals surface area (Å²) in [6, 6.07) is 0. The Hall–Kier alpha value is -0.240. The van der Waals surface area contributed by atoms with E-state index in [0.717, 1.165) is 19.3 Å². The molecule has 5 rings (SSSR count). The molecule has 0 aromatic heterocycles. The summed E-state index contributed by atoms with van der Waals surface area (Å²) in [6.45, 7) is 4.37. The summed E-state index contributed by atoms with van der Waals surface area (Å²) in [5.74, 6) is 0.702. The zero-order chi connectivity index (χ0) is 17.3. The van der Waals surface area contributed by atoms with Gasteiger partial charge in [-0.1, -0.05) is 13.8 Å². The van der Waals surface area contributed by atoms with Gasteiger partial charge in [0.2, 0.25) is 0 Å². The first kappa shape index (κ1) is 17.2. The number of hydrogen-bond donors (Lipinski definition) is 5. The predicted octanol–water partition coefficient (Wildman–Crippen LogP) is 0.125. The maximum Gasteiger partial charge on any atom is 0.138 e. The van der Waals surface area contributed by atoms with Gasteiger partial charge >= 0.3 is 0 Å². The fourth-order valence-electron chi connectivity index (χ4n) is 7.13. The van der Waals surface area contributed by atoms with Crippen LogP contribution >= 0.6 is 0 Å². The lowest BCUT2D eigenvalue weighted by Gasteiger charge is -2.66. The van der Waals surface area contributed by atoms with Gasteiger partial charge in [-0.25, -0.2) is 0 Å². The molecule has 5 aliphatic rings. The highest BCUT2D eigenvalue weighted by Crippen LogP contribution is 2.66. The van der Waals surface area contributed by atoms with Crippen LogP contribution < -0.4 is 5.32 Å². The van der Waals surface area contributed by atoms with Crippen LogP contribution in [-0.2, 0) is 4.74 Å². The SMILES string of the molecule is C[C@]12CC3CC(N[C@@H]4O[C@H](CO)[C@@H](O)[C@H](O)[C@H]4O)(C1)C[C@@](C)(C3)C2. The van der Waals surface area contributed by atoms with Crippen LogP contribution in [0.4, 0.5) is 0 Å². The van der Waals surface area contributed by atoms with Crippen molar-refractivity contribution < 1.29 is 25.2 Å². The van der Waals surface area contributed by atoms with Gasteiger partial charge in [-0.15, -0.1) is 0 Å². The third-order valence-corrected chi connectivity index (χ3v) is 6.97. The van der Waals surface area contributed by atoms with Crippen LogP contribution in [0.2, 0.25) is 0 Å². The van der Waals surface area contributed by atoms with E-state index in [1.807, 2.05) is 0 Å². The van der Waals surface area contributed by atoms with Gasteiger partial charge in [0, 0.05) is 5.54 Å². The van der Waals surface area contributed by atoms with Crippen LogP contribution in [0.5, 0.6) is 0 Å². The molecule has 5 fully saturated rings. The van der Waals surface area contributed by atoms with Crippen molar-refractivity contribution in [2.24, 2.45) is 16.7 Å². The van der Waals surface area contributed by atoms with E-state index in [4.69, 9.17) is 4.74 Å². The lowest BCUT2D eigenvalue weighted by molar-refractivity contribution is -0.249. The van der Waals surface area contributed by atoms with Gasteiger partial charge < -0.3 is 25.2 Å². The first-order chi connectivity index (χ1) is 11.2. The maximum atomic E-state index is 10.4. The van der Waals surface area contributed by atoms with Crippen LogP contribution in [0.1, 0.15) is 52.4 Å². The number of aliphatic hydroxyl groups excluding tert-OH is 4. The normalized spacial score (nSPS) is 59.8. The Labute approximate surface area is 143 Å². The first-order valence-corrected chi connectivity index (χ1v) is 9.25. The molecule has 0 spiro atoms. The summed E-state index contributed by atoms with van der Waals surface area (Å²) in [5.41, 5.74) is 0.571. The molecule has 4 bridgehead atoms. The summed E-state index contributed by atoms with van der Waals surface area (Å²) >= 11 is 0. The van der Waals surface area contributed by atoms with Gasteiger partial charge in [-0.2, -0.15) is 0 Å². The minimum absolute atomic E-state index is 0.0867. The smallest absolute Gasteiger partial charge is 0.138 e. The van der Waals surface area contributed by atoms with Crippen molar-refractivity contribution in [3.05, 3.63) is 0 Å². The van der Waals surface area contributed by atoms with Crippen LogP contribution in [0.3, 0.4) is 0 Å². The van der Waals surface area contributed by atoms with Gasteiger partial charge in [-0.3, -0.25) is 5.32 Å². The van der Waals surface area contributed by atoms with Gasteiger partial charge in [0.05, 0.1) is 6.61 Å². The predicted molar refractivity (Wildman–Crippen MR) is 87.0 cm³/mol. The van der Waals surface area contributed by atoms with E-state index < -0.39 is 30.6 Å². The van der Waals surface area contributed by atoms with Gasteiger partial charge in [0.15, 0.2) is 0 Å². The number of rotatable bonds is 3. The fraction of sp³-hybridized carbons (Fsp3) is 1.00. The molecular weight excluding hydrogens is 310 g/mol. The second-order valence-corrected chi connectivity index (χ2v) is 9.80. The monoisotopic (exact) mass is 341 g/mol. The summed E-state index contributed by atoms with van der Waals surface area (Å²) in [6.07, 6.45) is 1.59. The molecular formula is C18H31NO5. The number of nitrogens with one attached hydrogen (secondary N) is 1. The van der Waals surface area contributed by atoms with Crippen LogP contribution in [0.15, 0.2) is 0 Å². The second kappa shape index (κ2) is 5.38. The minimum Gasteiger partial charge on any atom is -0.394 e. The Balaban J connectivity index is 1.56. The van der Waals surface area contributed by atoms with Crippen LogP contribution in [-0.4, -0.2) is 63.2 Å². The summed E-state index contributed by atoms with van der Waals surface area (Å²) in [7, 11) is 0. The Kier molecular flexibility index (Phi) is 3.85. The zero-order valence-electron chi connectivity index (χ0n) is 14.6. The summed E-state index contributed by atoms with van der Waals surface area (Å²) in [5, 5.41) is 43.3. The molecule has 6 nitrogen and oxygen atoms in total. The van der Waals surface area contributed by atoms with E-state index in [2.05, 4.69) is 19.2 Å². The highest BCUT2D eigenvalue weighted by atomic mass is 16.6. The second-order valence-electron chi connectivity index (χ2n) is 9.80. The molecule has 138 valence electrons. The Morgan fingerprint density at radius 2 is 1.54 bits per heavy atom. The van der Waals surface area contributed by atoms with Crippen molar-refractivity contribution in [3.8, 4) is 0 Å². The Morgan fingerprint density at radius 3 is 2.08 bits per heavy atom. The van der Waals surface area contributed by atoms with E-state index in [9.17, 15) is 20.4 Å². The topological polar surface area (TPSA) is 102 Å². The van der Waals surface area contributed by atoms with E-state index in [0.29, 0.717) is 16.7 Å². The van der Waals surface area contributed by atoms with Crippen molar-refractivity contribution >= 4 is 0 Å². The molecule has 1 heterocycles. The van der Waals surface area contributed by atoms with Crippen LogP contribution in [0, 0.1) is 16.7 Å². The largest absolute Gasteiger partial charge is 0.394 e. The Bertz CT molecular complexity index is 494. The quantitative estimate of drug-likeness (QED) is 0.500. The molecule has 5 N–H and O–H groups in total. The average Bonchev–Trinajstić information content (AvgIpc) is 2.44. The van der Waals surface area contributed by atoms with Crippen molar-refractivity contribution in [3.63, 3.8) is 0 Å². The standard InChI is InChI=1S/C18H31NO5/c1-16-3-10-4-17(2,7-16)9-18(5-10,8-16)19-15-14(23)13(22)12(21)11(6-20)24-15/h10-15,19-23H,3-9H2,1-2H3/t10?,11-,12-,13+,14-,15-,16-,17+,18?/m1/s1. The third kappa shape index (κ3) is 2.63. The molecule has 1 saturated heterocycles. The highest BCUT2D eigenvalue weighted by Gasteiger charge is 2.61. The minimum atomic E-state index is -1.31. The number of hydrogen-bond acceptors (Lipinski definition) is 6. The molecule has 0 aromatic carbocycles. The van der Waals surface area contributed by atoms with Crippen molar-refractivity contribution in [2.45, 2.75) is 88.6 Å². The lowest BCUT2D eigenvalue weighted by atomic mass is 9.42. The van der Waals surface area contributed by atoms with Crippen molar-refractivity contribution in [1.29, 1.82) is 0 Å². The van der Waals surface area contributed by atoms with Crippen LogP contribution in [0.25, 0.3) is 0 Å². The van der Waals surface area contributed by atoms with E-state index in [1.54, 1.807) is 0 Å². The number of aliphatic hydroxyl groups is 4. The third-order valence-electron chi connectivity index (χ3n) is 6.97. The molecule has 1 aliphatic heterocycles. The fourth-order valence-corrected chi connectivity index (χ4v) is 7.13. The maximum absolute atomic E-state index is 10.4. The molecule has 9 atom stereocenters. The molecule has 0 radical (unpaired) electrons. The molecule has 6 heteroatoms. The van der Waals surface area contributed by atoms with E-state index >= 15 is 0 Å².